The number of likely N-dealkylation sites (tertiary alicyclic amines) is 1. The van der Waals surface area contributed by atoms with Crippen molar-refractivity contribution in [2.45, 2.75) is 32.6 Å². The van der Waals surface area contributed by atoms with E-state index in [1.54, 1.807) is 22.5 Å². The molecule has 6 nitrogen and oxygen atoms in total. The van der Waals surface area contributed by atoms with Gasteiger partial charge in [-0.15, -0.1) is 0 Å². The predicted molar refractivity (Wildman–Crippen MR) is 92.2 cm³/mol. The van der Waals surface area contributed by atoms with Crippen LogP contribution in [0.4, 0.5) is 0 Å². The molecule has 3 rings (SSSR count). The summed E-state index contributed by atoms with van der Waals surface area (Å²) < 4.78 is 1.73. The highest BCUT2D eigenvalue weighted by atomic mass is 16.2. The lowest BCUT2D eigenvalue weighted by Gasteiger charge is -2.15. The van der Waals surface area contributed by atoms with Crippen molar-refractivity contribution in [2.75, 3.05) is 26.7 Å². The number of pyridine rings is 1. The summed E-state index contributed by atoms with van der Waals surface area (Å²) in [6.07, 6.45) is 5.83. The van der Waals surface area contributed by atoms with Gasteiger partial charge in [-0.05, 0) is 31.4 Å². The number of nitrogens with zero attached hydrogens (tertiary/aromatic N) is 4. The molecule has 0 saturated carbocycles. The number of carbonyl (C=O) groups is 2. The van der Waals surface area contributed by atoms with Gasteiger partial charge in [-0.1, -0.05) is 19.4 Å². The Morgan fingerprint density at radius 1 is 1.25 bits per heavy atom. The van der Waals surface area contributed by atoms with Crippen LogP contribution in [0.15, 0.2) is 24.4 Å². The van der Waals surface area contributed by atoms with Crippen molar-refractivity contribution in [1.82, 2.24) is 19.2 Å². The van der Waals surface area contributed by atoms with Crippen molar-refractivity contribution in [1.29, 1.82) is 0 Å². The van der Waals surface area contributed by atoms with Crippen molar-refractivity contribution in [3.05, 3.63) is 35.9 Å². The molecule has 0 unspecified atom stereocenters. The van der Waals surface area contributed by atoms with Crippen molar-refractivity contribution in [3.63, 3.8) is 0 Å². The van der Waals surface area contributed by atoms with E-state index in [0.29, 0.717) is 23.6 Å². The Morgan fingerprint density at radius 3 is 2.71 bits per heavy atom. The summed E-state index contributed by atoms with van der Waals surface area (Å²) in [6, 6.07) is 5.56. The van der Waals surface area contributed by atoms with Crippen LogP contribution in [0.1, 0.15) is 53.7 Å². The molecule has 2 aromatic heterocycles. The number of aromatic nitrogens is 2. The maximum absolute atomic E-state index is 12.8. The van der Waals surface area contributed by atoms with Crippen LogP contribution in [-0.2, 0) is 0 Å². The van der Waals surface area contributed by atoms with E-state index in [0.717, 1.165) is 38.8 Å². The molecule has 0 spiro atoms. The number of amides is 2. The van der Waals surface area contributed by atoms with Gasteiger partial charge in [0.15, 0.2) is 5.69 Å². The molecule has 3 heterocycles. The molecule has 0 atom stereocenters. The molecule has 1 saturated heterocycles. The molecule has 0 bridgehead atoms. The number of fused-ring (bicyclic) bond motifs is 1. The highest BCUT2D eigenvalue weighted by molar-refractivity contribution is 6.02. The lowest BCUT2D eigenvalue weighted by Crippen LogP contribution is -2.30. The quantitative estimate of drug-likeness (QED) is 0.847. The topological polar surface area (TPSA) is 57.9 Å². The fraction of sp³-hybridized carbons (Fsp3) is 0.500. The SMILES string of the molecule is CCCCN(C)C(=O)c1nc(C(=O)N2CCCC2)c2ccccn12. The summed E-state index contributed by atoms with van der Waals surface area (Å²) in [5, 5.41) is 0. The van der Waals surface area contributed by atoms with Crippen LogP contribution in [-0.4, -0.2) is 57.7 Å². The predicted octanol–water partition coefficient (Wildman–Crippen LogP) is 2.44. The van der Waals surface area contributed by atoms with Gasteiger partial charge in [0.1, 0.15) is 0 Å². The van der Waals surface area contributed by atoms with Gasteiger partial charge in [0.05, 0.1) is 5.52 Å². The van der Waals surface area contributed by atoms with E-state index in [-0.39, 0.29) is 11.8 Å². The van der Waals surface area contributed by atoms with Crippen molar-refractivity contribution in [2.24, 2.45) is 0 Å². The summed E-state index contributed by atoms with van der Waals surface area (Å²) in [4.78, 5) is 33.4. The van der Waals surface area contributed by atoms with Crippen molar-refractivity contribution < 1.29 is 9.59 Å². The lowest BCUT2D eigenvalue weighted by molar-refractivity contribution is 0.0779. The summed E-state index contributed by atoms with van der Waals surface area (Å²) in [7, 11) is 1.78. The van der Waals surface area contributed by atoms with Crippen LogP contribution in [0.3, 0.4) is 0 Å². The molecule has 24 heavy (non-hydrogen) atoms. The standard InChI is InChI=1S/C18H24N4O2/c1-3-4-10-20(2)18(24)16-19-15(14-9-5-6-13-22(14)16)17(23)21-11-7-8-12-21/h5-6,9,13H,3-4,7-8,10-12H2,1-2H3. The van der Waals surface area contributed by atoms with Gasteiger partial charge < -0.3 is 9.80 Å². The van der Waals surface area contributed by atoms with Crippen LogP contribution in [0.5, 0.6) is 0 Å². The van der Waals surface area contributed by atoms with E-state index in [1.807, 2.05) is 23.1 Å². The zero-order chi connectivity index (χ0) is 17.1. The maximum Gasteiger partial charge on any atom is 0.289 e. The highest BCUT2D eigenvalue weighted by Crippen LogP contribution is 2.19. The average molecular weight is 328 g/mol. The Bertz CT molecular complexity index is 747. The number of carbonyl (C=O) groups excluding carboxylic acids is 2. The van der Waals surface area contributed by atoms with Gasteiger partial charge >= 0.3 is 0 Å². The van der Waals surface area contributed by atoms with Crippen molar-refractivity contribution in [3.8, 4) is 0 Å². The molecule has 0 radical (unpaired) electrons. The molecule has 2 aromatic rings. The number of rotatable bonds is 5. The van der Waals surface area contributed by atoms with Gasteiger partial charge in [-0.2, -0.15) is 0 Å². The van der Waals surface area contributed by atoms with E-state index in [4.69, 9.17) is 0 Å². The molecular formula is C18H24N4O2. The number of unbranched alkanes of at least 4 members (excludes halogenated alkanes) is 1. The minimum absolute atomic E-state index is 0.0774. The summed E-state index contributed by atoms with van der Waals surface area (Å²) in [5.41, 5.74) is 1.08. The molecule has 0 N–H and O–H groups in total. The third-order valence-corrected chi connectivity index (χ3v) is 4.53. The van der Waals surface area contributed by atoms with E-state index in [9.17, 15) is 9.59 Å². The van der Waals surface area contributed by atoms with Crippen LogP contribution < -0.4 is 0 Å². The first-order chi connectivity index (χ1) is 11.6. The first-order valence-electron chi connectivity index (χ1n) is 8.65. The molecule has 0 aromatic carbocycles. The molecule has 1 fully saturated rings. The molecular weight excluding hydrogens is 304 g/mol. The number of imidazole rings is 1. The van der Waals surface area contributed by atoms with E-state index in [1.165, 1.54) is 0 Å². The van der Waals surface area contributed by atoms with Crippen LogP contribution in [0.2, 0.25) is 0 Å². The number of hydrogen-bond acceptors (Lipinski definition) is 3. The first-order valence-corrected chi connectivity index (χ1v) is 8.65. The molecule has 128 valence electrons. The molecule has 1 aliphatic rings. The third kappa shape index (κ3) is 3.00. The van der Waals surface area contributed by atoms with Crippen molar-refractivity contribution >= 4 is 17.3 Å². The van der Waals surface area contributed by atoms with Gasteiger partial charge in [0.25, 0.3) is 11.8 Å². The minimum Gasteiger partial charge on any atom is -0.339 e. The average Bonchev–Trinajstić information content (AvgIpc) is 3.26. The fourth-order valence-corrected chi connectivity index (χ4v) is 3.08. The Balaban J connectivity index is 1.97. The Hall–Kier alpha value is -2.37. The van der Waals surface area contributed by atoms with Crippen LogP contribution >= 0.6 is 0 Å². The lowest BCUT2D eigenvalue weighted by atomic mass is 10.3. The Labute approximate surface area is 142 Å². The van der Waals surface area contributed by atoms with E-state index < -0.39 is 0 Å². The monoisotopic (exact) mass is 328 g/mol. The van der Waals surface area contributed by atoms with E-state index >= 15 is 0 Å². The minimum atomic E-state index is -0.148. The zero-order valence-electron chi connectivity index (χ0n) is 14.4. The summed E-state index contributed by atoms with van der Waals surface area (Å²) in [5.74, 6) is 0.0864. The molecule has 2 amide bonds. The highest BCUT2D eigenvalue weighted by Gasteiger charge is 2.27. The van der Waals surface area contributed by atoms with Gasteiger partial charge in [0.2, 0.25) is 5.82 Å². The van der Waals surface area contributed by atoms with Gasteiger partial charge in [-0.3, -0.25) is 14.0 Å². The zero-order valence-corrected chi connectivity index (χ0v) is 14.4. The molecule has 0 aliphatic carbocycles. The largest absolute Gasteiger partial charge is 0.339 e. The second-order valence-corrected chi connectivity index (χ2v) is 6.32. The normalized spacial score (nSPS) is 14.3. The first kappa shape index (κ1) is 16.5. The van der Waals surface area contributed by atoms with E-state index in [2.05, 4.69) is 11.9 Å². The van der Waals surface area contributed by atoms with Gasteiger partial charge in [-0.25, -0.2) is 4.98 Å². The van der Waals surface area contributed by atoms with Crippen LogP contribution in [0, 0.1) is 0 Å². The second kappa shape index (κ2) is 7.03. The maximum atomic E-state index is 12.8. The smallest absolute Gasteiger partial charge is 0.289 e. The molecule has 6 heteroatoms. The summed E-state index contributed by atoms with van der Waals surface area (Å²) >= 11 is 0. The second-order valence-electron chi connectivity index (χ2n) is 6.32. The van der Waals surface area contributed by atoms with Gasteiger partial charge in [0, 0.05) is 32.9 Å². The fourth-order valence-electron chi connectivity index (χ4n) is 3.08. The third-order valence-electron chi connectivity index (χ3n) is 4.53. The Morgan fingerprint density at radius 2 is 2.00 bits per heavy atom. The molecule has 1 aliphatic heterocycles. The van der Waals surface area contributed by atoms with Crippen LogP contribution in [0.25, 0.3) is 5.52 Å². The summed E-state index contributed by atoms with van der Waals surface area (Å²) in [6.45, 7) is 4.32. The number of hydrogen-bond donors (Lipinski definition) is 0. The Kier molecular flexibility index (Phi) is 4.83.